The first kappa shape index (κ1) is 24.3. The van der Waals surface area contributed by atoms with E-state index in [4.69, 9.17) is 9.20 Å². The zero-order valence-corrected chi connectivity index (χ0v) is 20.4. The van der Waals surface area contributed by atoms with Gasteiger partial charge >= 0.3 is 0 Å². The zero-order valence-electron chi connectivity index (χ0n) is 19.6. The summed E-state index contributed by atoms with van der Waals surface area (Å²) in [5.41, 5.74) is 2.99. The van der Waals surface area contributed by atoms with Crippen molar-refractivity contribution < 1.29 is 22.2 Å². The van der Waals surface area contributed by atoms with E-state index in [0.717, 1.165) is 17.2 Å². The van der Waals surface area contributed by atoms with Crippen molar-refractivity contribution >= 4 is 26.5 Å². The molecule has 2 N–H and O–H groups in total. The molecule has 5 rings (SSSR count). The van der Waals surface area contributed by atoms with E-state index in [0.29, 0.717) is 21.8 Å². The van der Waals surface area contributed by atoms with Crippen LogP contribution in [0, 0.1) is 16.4 Å². The van der Waals surface area contributed by atoms with Crippen LogP contribution in [0.4, 0.5) is 8.78 Å². The highest BCUT2D eigenvalue weighted by Crippen LogP contribution is 2.30. The molecule has 0 aliphatic rings. The van der Waals surface area contributed by atoms with Crippen LogP contribution >= 0.6 is 0 Å². The molecule has 0 aliphatic heterocycles. The number of aromatic nitrogens is 3. The van der Waals surface area contributed by atoms with Crippen LogP contribution in [0.1, 0.15) is 5.69 Å². The summed E-state index contributed by atoms with van der Waals surface area (Å²) in [7, 11) is -2.78. The van der Waals surface area contributed by atoms with Gasteiger partial charge in [0.1, 0.15) is 18.5 Å². The van der Waals surface area contributed by atoms with Crippen LogP contribution in [-0.4, -0.2) is 30.9 Å². The van der Waals surface area contributed by atoms with E-state index in [-0.39, 0.29) is 30.3 Å². The lowest BCUT2D eigenvalue weighted by Gasteiger charge is -2.10. The smallest absolute Gasteiger partial charge is 0.243 e. The van der Waals surface area contributed by atoms with Gasteiger partial charge in [0, 0.05) is 28.3 Å². The molecule has 0 radical (unpaired) electrons. The Morgan fingerprint density at radius 3 is 2.49 bits per heavy atom. The SMILES string of the molecule is CS(=N)(=O)c1ccc(-c2ccc(CNC(=O)Cn3c(-c4ncco4)cc4c(F)c(F)ccc43)nc2)cc1. The van der Waals surface area contributed by atoms with Gasteiger partial charge in [0.25, 0.3) is 0 Å². The van der Waals surface area contributed by atoms with Crippen LogP contribution in [0.5, 0.6) is 0 Å². The maximum absolute atomic E-state index is 14.4. The molecule has 3 heterocycles. The Hall–Kier alpha value is -4.38. The summed E-state index contributed by atoms with van der Waals surface area (Å²) in [6.45, 7) is -0.0152. The third kappa shape index (κ3) is 4.98. The monoisotopic (exact) mass is 521 g/mol. The van der Waals surface area contributed by atoms with E-state index in [1.165, 1.54) is 35.4 Å². The van der Waals surface area contributed by atoms with Gasteiger partial charge in [0.15, 0.2) is 11.6 Å². The number of oxazole rings is 1. The summed E-state index contributed by atoms with van der Waals surface area (Å²) in [6.07, 6.45) is 5.82. The number of hydrogen-bond acceptors (Lipinski definition) is 6. The third-order valence-corrected chi connectivity index (χ3v) is 7.03. The van der Waals surface area contributed by atoms with E-state index in [9.17, 15) is 17.8 Å². The van der Waals surface area contributed by atoms with E-state index < -0.39 is 21.4 Å². The number of fused-ring (bicyclic) bond motifs is 1. The van der Waals surface area contributed by atoms with Crippen molar-refractivity contribution in [3.8, 4) is 22.7 Å². The highest BCUT2D eigenvalue weighted by atomic mass is 32.2. The maximum Gasteiger partial charge on any atom is 0.243 e. The Labute approximate surface area is 211 Å². The van der Waals surface area contributed by atoms with Gasteiger partial charge < -0.3 is 14.3 Å². The number of hydrogen-bond donors (Lipinski definition) is 2. The van der Waals surface area contributed by atoms with Gasteiger partial charge in [-0.05, 0) is 42.0 Å². The standard InChI is InChI=1S/C26H21F2N5O3S/c1-37(29,35)19-6-3-16(4-7-19)17-2-5-18(31-13-17)14-32-24(34)15-33-22-9-8-21(27)25(28)20(22)12-23(33)26-30-10-11-36-26/h2-13,29H,14-15H2,1H3,(H,32,34). The van der Waals surface area contributed by atoms with Crippen LogP contribution in [0.2, 0.25) is 0 Å². The van der Waals surface area contributed by atoms with Crippen molar-refractivity contribution in [3.63, 3.8) is 0 Å². The van der Waals surface area contributed by atoms with Crippen molar-refractivity contribution in [2.75, 3.05) is 6.26 Å². The fourth-order valence-corrected chi connectivity index (χ4v) is 4.62. The predicted molar refractivity (Wildman–Crippen MR) is 134 cm³/mol. The summed E-state index contributed by atoms with van der Waals surface area (Å²) in [6, 6.07) is 14.3. The van der Waals surface area contributed by atoms with Crippen molar-refractivity contribution in [3.05, 3.63) is 90.6 Å². The minimum Gasteiger partial charge on any atom is -0.443 e. The number of benzene rings is 2. The molecule has 11 heteroatoms. The molecule has 1 amide bonds. The first-order valence-corrected chi connectivity index (χ1v) is 13.1. The Bertz CT molecular complexity index is 1700. The molecule has 1 atom stereocenters. The van der Waals surface area contributed by atoms with E-state index in [1.54, 1.807) is 36.5 Å². The molecular weight excluding hydrogens is 500 g/mol. The minimum absolute atomic E-state index is 0.0234. The Morgan fingerprint density at radius 2 is 1.84 bits per heavy atom. The van der Waals surface area contributed by atoms with Crippen molar-refractivity contribution in [2.24, 2.45) is 0 Å². The highest BCUT2D eigenvalue weighted by Gasteiger charge is 2.20. The quantitative estimate of drug-likeness (QED) is 0.313. The number of halogens is 2. The van der Waals surface area contributed by atoms with Gasteiger partial charge in [-0.1, -0.05) is 18.2 Å². The fourth-order valence-electron chi connectivity index (χ4n) is 3.97. The second-order valence-electron chi connectivity index (χ2n) is 8.43. The zero-order chi connectivity index (χ0) is 26.2. The molecule has 188 valence electrons. The number of carbonyl (C=O) groups is 1. The minimum atomic E-state index is -2.78. The number of rotatable bonds is 7. The lowest BCUT2D eigenvalue weighted by atomic mass is 10.1. The van der Waals surface area contributed by atoms with Gasteiger partial charge in [-0.25, -0.2) is 22.8 Å². The Balaban J connectivity index is 1.30. The molecule has 37 heavy (non-hydrogen) atoms. The lowest BCUT2D eigenvalue weighted by molar-refractivity contribution is -0.121. The second-order valence-corrected chi connectivity index (χ2v) is 10.6. The molecule has 3 aromatic heterocycles. The number of pyridine rings is 1. The average Bonchev–Trinajstić information content (AvgIpc) is 3.54. The molecule has 5 aromatic rings. The van der Waals surface area contributed by atoms with Crippen LogP contribution in [0.15, 0.2) is 82.6 Å². The molecule has 2 aromatic carbocycles. The van der Waals surface area contributed by atoms with Crippen molar-refractivity contribution in [1.82, 2.24) is 19.9 Å². The number of nitrogens with zero attached hydrogens (tertiary/aromatic N) is 3. The van der Waals surface area contributed by atoms with Crippen LogP contribution in [0.25, 0.3) is 33.6 Å². The number of nitrogens with one attached hydrogen (secondary N) is 2. The van der Waals surface area contributed by atoms with Gasteiger partial charge in [-0.3, -0.25) is 9.78 Å². The molecular formula is C26H21F2N5O3S. The van der Waals surface area contributed by atoms with Crippen LogP contribution in [-0.2, 0) is 27.6 Å². The normalized spacial score (nSPS) is 12.9. The van der Waals surface area contributed by atoms with Crippen LogP contribution < -0.4 is 5.32 Å². The summed E-state index contributed by atoms with van der Waals surface area (Å²) in [5, 5.41) is 2.81. The van der Waals surface area contributed by atoms with E-state index >= 15 is 0 Å². The van der Waals surface area contributed by atoms with Crippen LogP contribution in [0.3, 0.4) is 0 Å². The predicted octanol–water partition coefficient (Wildman–Crippen LogP) is 4.99. The van der Waals surface area contributed by atoms with Gasteiger partial charge in [0.2, 0.25) is 11.8 Å². The van der Waals surface area contributed by atoms with E-state index in [2.05, 4.69) is 15.3 Å². The molecule has 0 bridgehead atoms. The molecule has 0 saturated heterocycles. The van der Waals surface area contributed by atoms with Crippen molar-refractivity contribution in [2.45, 2.75) is 18.0 Å². The molecule has 0 spiro atoms. The van der Waals surface area contributed by atoms with Gasteiger partial charge in [0.05, 0.1) is 33.7 Å². The largest absolute Gasteiger partial charge is 0.443 e. The number of carbonyl (C=O) groups excluding carboxylic acids is 1. The molecule has 8 nitrogen and oxygen atoms in total. The van der Waals surface area contributed by atoms with Crippen molar-refractivity contribution in [1.29, 1.82) is 4.78 Å². The molecule has 0 saturated carbocycles. The summed E-state index contributed by atoms with van der Waals surface area (Å²) in [5.74, 6) is -2.18. The molecule has 0 aliphatic carbocycles. The lowest BCUT2D eigenvalue weighted by Crippen LogP contribution is -2.27. The average molecular weight is 522 g/mol. The number of amides is 1. The third-order valence-electron chi connectivity index (χ3n) is 5.85. The van der Waals surface area contributed by atoms with Gasteiger partial charge in [-0.2, -0.15) is 0 Å². The molecule has 0 fully saturated rings. The Kier molecular flexibility index (Phi) is 6.30. The summed E-state index contributed by atoms with van der Waals surface area (Å²) < 4.78 is 54.5. The fraction of sp³-hybridized carbons (Fsp3) is 0.115. The highest BCUT2D eigenvalue weighted by molar-refractivity contribution is 7.91. The van der Waals surface area contributed by atoms with E-state index in [1.807, 2.05) is 6.07 Å². The topological polar surface area (TPSA) is 114 Å². The maximum atomic E-state index is 14.4. The van der Waals surface area contributed by atoms with Gasteiger partial charge in [-0.15, -0.1) is 0 Å². The second kappa shape index (κ2) is 9.58. The Morgan fingerprint density at radius 1 is 1.08 bits per heavy atom. The first-order chi connectivity index (χ1) is 17.7. The summed E-state index contributed by atoms with van der Waals surface area (Å²) in [4.78, 5) is 21.7. The summed E-state index contributed by atoms with van der Waals surface area (Å²) >= 11 is 0. The first-order valence-electron chi connectivity index (χ1n) is 11.1. The molecule has 1 unspecified atom stereocenters.